The number of nitrogens with zero attached hydrogens (tertiary/aromatic N) is 1. The van der Waals surface area contributed by atoms with Gasteiger partial charge in [0, 0.05) is 20.0 Å². The average molecular weight is 142 g/mol. The lowest BCUT2D eigenvalue weighted by Gasteiger charge is -2.25. The lowest BCUT2D eigenvalue weighted by atomic mass is 9.85. The maximum Gasteiger partial charge on any atom is 0.237 e. The van der Waals surface area contributed by atoms with Crippen LogP contribution in [0.1, 0.15) is 19.3 Å². The van der Waals surface area contributed by atoms with Crippen molar-refractivity contribution in [1.82, 2.24) is 10.4 Å². The van der Waals surface area contributed by atoms with E-state index in [1.807, 2.05) is 14.1 Å². The highest BCUT2D eigenvalue weighted by atomic mass is 16.2. The van der Waals surface area contributed by atoms with E-state index in [4.69, 9.17) is 0 Å². The molecule has 3 heteroatoms. The largest absolute Gasteiger partial charge is 0.289 e. The van der Waals surface area contributed by atoms with Gasteiger partial charge in [-0.1, -0.05) is 6.42 Å². The van der Waals surface area contributed by atoms with Crippen LogP contribution in [0.5, 0.6) is 0 Å². The van der Waals surface area contributed by atoms with Crippen LogP contribution in [0.4, 0.5) is 0 Å². The summed E-state index contributed by atoms with van der Waals surface area (Å²) in [4.78, 5) is 11.1. The molecule has 0 aromatic carbocycles. The summed E-state index contributed by atoms with van der Waals surface area (Å²) in [6.07, 6.45) is 3.35. The molecule has 0 saturated heterocycles. The molecule has 10 heavy (non-hydrogen) atoms. The highest BCUT2D eigenvalue weighted by Crippen LogP contribution is 2.25. The summed E-state index contributed by atoms with van der Waals surface area (Å²) in [5, 5.41) is 1.70. The number of hydrazine groups is 1. The van der Waals surface area contributed by atoms with Crippen molar-refractivity contribution in [1.29, 1.82) is 0 Å². The third kappa shape index (κ3) is 1.70. The fourth-order valence-corrected chi connectivity index (χ4v) is 0.982. The lowest BCUT2D eigenvalue weighted by Crippen LogP contribution is -2.42. The summed E-state index contributed by atoms with van der Waals surface area (Å²) in [5.74, 6) is 0.471. The molecule has 0 bridgehead atoms. The number of carbonyl (C=O) groups excluding carboxylic acids is 1. The van der Waals surface area contributed by atoms with Crippen LogP contribution < -0.4 is 5.43 Å². The molecular formula is C7H14N2O. The zero-order valence-corrected chi connectivity index (χ0v) is 6.55. The molecule has 0 aliphatic heterocycles. The topological polar surface area (TPSA) is 32.3 Å². The van der Waals surface area contributed by atoms with Gasteiger partial charge in [0.15, 0.2) is 0 Å². The van der Waals surface area contributed by atoms with Crippen LogP contribution in [-0.2, 0) is 4.79 Å². The van der Waals surface area contributed by atoms with Crippen molar-refractivity contribution >= 4 is 5.91 Å². The molecule has 1 fully saturated rings. The van der Waals surface area contributed by atoms with E-state index in [1.54, 1.807) is 5.01 Å². The molecule has 0 aromatic heterocycles. The SMILES string of the molecule is CN(C)NC(=O)C1CCC1. The Morgan fingerprint density at radius 1 is 1.50 bits per heavy atom. The van der Waals surface area contributed by atoms with Crippen molar-refractivity contribution in [2.75, 3.05) is 14.1 Å². The Morgan fingerprint density at radius 2 is 2.10 bits per heavy atom. The molecule has 3 nitrogen and oxygen atoms in total. The smallest absolute Gasteiger partial charge is 0.237 e. The van der Waals surface area contributed by atoms with Gasteiger partial charge < -0.3 is 0 Å². The second-order valence-corrected chi connectivity index (χ2v) is 3.00. The number of amides is 1. The minimum atomic E-state index is 0.177. The van der Waals surface area contributed by atoms with Crippen LogP contribution in [0.25, 0.3) is 0 Å². The Balaban J connectivity index is 2.20. The summed E-state index contributed by atoms with van der Waals surface area (Å²) in [7, 11) is 3.66. The van der Waals surface area contributed by atoms with Gasteiger partial charge in [-0.2, -0.15) is 0 Å². The van der Waals surface area contributed by atoms with E-state index in [0.717, 1.165) is 12.8 Å². The first-order valence-electron chi connectivity index (χ1n) is 3.68. The van der Waals surface area contributed by atoms with Gasteiger partial charge >= 0.3 is 0 Å². The van der Waals surface area contributed by atoms with E-state index in [9.17, 15) is 4.79 Å². The van der Waals surface area contributed by atoms with Gasteiger partial charge in [-0.3, -0.25) is 10.2 Å². The first-order valence-corrected chi connectivity index (χ1v) is 3.68. The summed E-state index contributed by atoms with van der Waals surface area (Å²) in [6.45, 7) is 0. The van der Waals surface area contributed by atoms with E-state index in [2.05, 4.69) is 5.43 Å². The Morgan fingerprint density at radius 3 is 2.40 bits per heavy atom. The Kier molecular flexibility index (Phi) is 2.27. The molecule has 0 radical (unpaired) electrons. The molecule has 1 aliphatic rings. The van der Waals surface area contributed by atoms with Crippen LogP contribution in [0.15, 0.2) is 0 Å². The molecule has 1 amide bonds. The van der Waals surface area contributed by atoms with Crippen molar-refractivity contribution in [3.8, 4) is 0 Å². The highest BCUT2D eigenvalue weighted by molar-refractivity contribution is 5.78. The van der Waals surface area contributed by atoms with E-state index < -0.39 is 0 Å². The molecule has 0 spiro atoms. The quantitative estimate of drug-likeness (QED) is 0.565. The van der Waals surface area contributed by atoms with E-state index >= 15 is 0 Å². The molecule has 0 aromatic rings. The highest BCUT2D eigenvalue weighted by Gasteiger charge is 2.24. The van der Waals surface area contributed by atoms with Crippen LogP contribution >= 0.6 is 0 Å². The van der Waals surface area contributed by atoms with Gasteiger partial charge in [-0.05, 0) is 12.8 Å². The Labute approximate surface area is 61.4 Å². The average Bonchev–Trinajstić information content (AvgIpc) is 1.55. The van der Waals surface area contributed by atoms with Crippen molar-refractivity contribution in [2.24, 2.45) is 5.92 Å². The third-order valence-electron chi connectivity index (χ3n) is 1.81. The summed E-state index contributed by atoms with van der Waals surface area (Å²) in [5.41, 5.74) is 2.74. The van der Waals surface area contributed by atoms with Crippen LogP contribution in [0, 0.1) is 5.92 Å². The van der Waals surface area contributed by atoms with Crippen LogP contribution in [0.2, 0.25) is 0 Å². The van der Waals surface area contributed by atoms with Crippen molar-refractivity contribution in [3.63, 3.8) is 0 Å². The molecule has 0 atom stereocenters. The van der Waals surface area contributed by atoms with E-state index in [1.165, 1.54) is 6.42 Å². The predicted molar refractivity (Wildman–Crippen MR) is 39.2 cm³/mol. The molecule has 0 heterocycles. The number of hydrogen-bond acceptors (Lipinski definition) is 2. The monoisotopic (exact) mass is 142 g/mol. The molecule has 1 saturated carbocycles. The summed E-state index contributed by atoms with van der Waals surface area (Å²) in [6, 6.07) is 0. The molecule has 1 rings (SSSR count). The van der Waals surface area contributed by atoms with Crippen LogP contribution in [-0.4, -0.2) is 25.0 Å². The van der Waals surface area contributed by atoms with Gasteiger partial charge in [0.05, 0.1) is 0 Å². The predicted octanol–water partition coefficient (Wildman–Crippen LogP) is 0.379. The number of carbonyl (C=O) groups is 1. The second-order valence-electron chi connectivity index (χ2n) is 3.00. The Hall–Kier alpha value is -0.570. The summed E-state index contributed by atoms with van der Waals surface area (Å²) >= 11 is 0. The summed E-state index contributed by atoms with van der Waals surface area (Å²) < 4.78 is 0. The lowest BCUT2D eigenvalue weighted by molar-refractivity contribution is -0.131. The Bertz CT molecular complexity index is 130. The molecule has 58 valence electrons. The van der Waals surface area contributed by atoms with Gasteiger partial charge in [0.2, 0.25) is 5.91 Å². The first-order chi connectivity index (χ1) is 4.70. The number of rotatable bonds is 2. The van der Waals surface area contributed by atoms with Crippen molar-refractivity contribution < 1.29 is 4.79 Å². The molecule has 0 unspecified atom stereocenters. The molecule has 1 N–H and O–H groups in total. The van der Waals surface area contributed by atoms with Crippen molar-refractivity contribution in [3.05, 3.63) is 0 Å². The maximum absolute atomic E-state index is 11.1. The van der Waals surface area contributed by atoms with Gasteiger partial charge in [-0.25, -0.2) is 5.01 Å². The number of hydrogen-bond donors (Lipinski definition) is 1. The van der Waals surface area contributed by atoms with Gasteiger partial charge in [0.25, 0.3) is 0 Å². The van der Waals surface area contributed by atoms with Gasteiger partial charge in [0.1, 0.15) is 0 Å². The van der Waals surface area contributed by atoms with E-state index in [-0.39, 0.29) is 5.91 Å². The van der Waals surface area contributed by atoms with Crippen molar-refractivity contribution in [2.45, 2.75) is 19.3 Å². The fraction of sp³-hybridized carbons (Fsp3) is 0.857. The molecular weight excluding hydrogens is 128 g/mol. The second kappa shape index (κ2) is 3.01. The minimum absolute atomic E-state index is 0.177. The third-order valence-corrected chi connectivity index (χ3v) is 1.81. The van der Waals surface area contributed by atoms with Crippen LogP contribution in [0.3, 0.4) is 0 Å². The normalized spacial score (nSPS) is 18.7. The standard InChI is InChI=1S/C7H14N2O/c1-9(2)8-7(10)6-4-3-5-6/h6H,3-5H2,1-2H3,(H,8,10). The number of nitrogens with one attached hydrogen (secondary N) is 1. The maximum atomic E-state index is 11.1. The minimum Gasteiger partial charge on any atom is -0.289 e. The first kappa shape index (κ1) is 7.54. The van der Waals surface area contributed by atoms with Gasteiger partial charge in [-0.15, -0.1) is 0 Å². The van der Waals surface area contributed by atoms with E-state index in [0.29, 0.717) is 5.92 Å². The fourth-order valence-electron chi connectivity index (χ4n) is 0.982. The zero-order chi connectivity index (χ0) is 7.56. The zero-order valence-electron chi connectivity index (χ0n) is 6.55. The molecule has 1 aliphatic carbocycles.